The summed E-state index contributed by atoms with van der Waals surface area (Å²) in [7, 11) is 1.33. The molecule has 2 heterocycles. The minimum absolute atomic E-state index is 0.204. The van der Waals surface area contributed by atoms with Gasteiger partial charge >= 0.3 is 5.97 Å². The first-order valence-electron chi connectivity index (χ1n) is 10.4. The van der Waals surface area contributed by atoms with Gasteiger partial charge in [-0.3, -0.25) is 4.79 Å². The van der Waals surface area contributed by atoms with Gasteiger partial charge in [0.1, 0.15) is 5.76 Å². The van der Waals surface area contributed by atoms with Gasteiger partial charge in [-0.05, 0) is 74.4 Å². The molecule has 32 heavy (non-hydrogen) atoms. The van der Waals surface area contributed by atoms with E-state index < -0.39 is 5.97 Å². The number of hydrogen-bond acceptors (Lipinski definition) is 6. The summed E-state index contributed by atoms with van der Waals surface area (Å²) in [5.74, 6) is 0.765. The average Bonchev–Trinajstić information content (AvgIpc) is 3.29. The molecule has 0 spiro atoms. The highest BCUT2D eigenvalue weighted by molar-refractivity contribution is 5.94. The number of methoxy groups -OCH3 is 1. The lowest BCUT2D eigenvalue weighted by atomic mass is 10.1. The van der Waals surface area contributed by atoms with Gasteiger partial charge in [-0.2, -0.15) is 0 Å². The standard InChI is InChI=1S/C25H25N3O4/c1-5-27(15-20-7-6-10-32-20)25-26-22-14-18(24(30)31-4)8-9-21(22)23(29)28(25)19-12-16(2)11-17(3)13-19/h6-14H,5,15H2,1-4H3. The molecule has 0 radical (unpaired) electrons. The minimum Gasteiger partial charge on any atom is -0.467 e. The molecule has 2 aromatic carbocycles. The third-order valence-electron chi connectivity index (χ3n) is 5.33. The van der Waals surface area contributed by atoms with Crippen LogP contribution < -0.4 is 10.5 Å². The van der Waals surface area contributed by atoms with Crippen LogP contribution in [-0.4, -0.2) is 29.2 Å². The number of nitrogens with zero attached hydrogens (tertiary/aromatic N) is 3. The zero-order valence-corrected chi connectivity index (χ0v) is 18.6. The van der Waals surface area contributed by atoms with Gasteiger partial charge in [-0.25, -0.2) is 14.3 Å². The van der Waals surface area contributed by atoms with Gasteiger partial charge in [0.2, 0.25) is 5.95 Å². The Morgan fingerprint density at radius 1 is 1.12 bits per heavy atom. The van der Waals surface area contributed by atoms with Crippen molar-refractivity contribution in [2.24, 2.45) is 0 Å². The number of benzene rings is 2. The fourth-order valence-corrected chi connectivity index (χ4v) is 3.86. The average molecular weight is 431 g/mol. The number of fused-ring (bicyclic) bond motifs is 1. The molecule has 0 aliphatic rings. The van der Waals surface area contributed by atoms with E-state index in [0.29, 0.717) is 35.5 Å². The Balaban J connectivity index is 2.00. The predicted octanol–water partition coefficient (Wildman–Crippen LogP) is 4.41. The molecule has 0 aliphatic carbocycles. The van der Waals surface area contributed by atoms with Crippen LogP contribution in [0.4, 0.5) is 5.95 Å². The molecule has 0 fully saturated rings. The van der Waals surface area contributed by atoms with Crippen LogP contribution >= 0.6 is 0 Å². The van der Waals surface area contributed by atoms with Crippen molar-refractivity contribution in [1.29, 1.82) is 0 Å². The Labute approximate surface area is 185 Å². The van der Waals surface area contributed by atoms with Gasteiger partial charge in [0.25, 0.3) is 5.56 Å². The van der Waals surface area contributed by atoms with Crippen LogP contribution in [0.1, 0.15) is 34.2 Å². The molecular formula is C25H25N3O4. The monoisotopic (exact) mass is 431 g/mol. The molecule has 4 rings (SSSR count). The maximum Gasteiger partial charge on any atom is 0.337 e. The first-order chi connectivity index (χ1) is 15.4. The Morgan fingerprint density at radius 2 is 1.88 bits per heavy atom. The second-order valence-electron chi connectivity index (χ2n) is 7.72. The van der Waals surface area contributed by atoms with Crippen LogP contribution in [0.3, 0.4) is 0 Å². The molecule has 7 heteroatoms. The van der Waals surface area contributed by atoms with Gasteiger partial charge in [0, 0.05) is 6.54 Å². The van der Waals surface area contributed by atoms with E-state index in [2.05, 4.69) is 6.07 Å². The van der Waals surface area contributed by atoms with Gasteiger partial charge < -0.3 is 14.1 Å². The summed E-state index contributed by atoms with van der Waals surface area (Å²) >= 11 is 0. The highest BCUT2D eigenvalue weighted by Crippen LogP contribution is 2.23. The maximum absolute atomic E-state index is 13.7. The smallest absolute Gasteiger partial charge is 0.337 e. The van der Waals surface area contributed by atoms with E-state index in [1.165, 1.54) is 7.11 Å². The van der Waals surface area contributed by atoms with Gasteiger partial charge in [0.15, 0.2) is 0 Å². The zero-order valence-electron chi connectivity index (χ0n) is 18.6. The summed E-state index contributed by atoms with van der Waals surface area (Å²) in [5.41, 5.74) is 3.42. The Hall–Kier alpha value is -3.87. The first kappa shape index (κ1) is 21.4. The molecule has 0 aliphatic heterocycles. The molecule has 0 atom stereocenters. The highest BCUT2D eigenvalue weighted by atomic mass is 16.5. The van der Waals surface area contributed by atoms with E-state index in [9.17, 15) is 9.59 Å². The second-order valence-corrected chi connectivity index (χ2v) is 7.72. The van der Waals surface area contributed by atoms with Crippen LogP contribution in [-0.2, 0) is 11.3 Å². The fourth-order valence-electron chi connectivity index (χ4n) is 3.86. The molecule has 4 aromatic rings. The lowest BCUT2D eigenvalue weighted by molar-refractivity contribution is 0.0601. The van der Waals surface area contributed by atoms with Crippen molar-refractivity contribution in [2.45, 2.75) is 27.3 Å². The molecular weight excluding hydrogens is 406 g/mol. The van der Waals surface area contributed by atoms with E-state index in [0.717, 1.165) is 22.6 Å². The van der Waals surface area contributed by atoms with Gasteiger partial charge in [-0.1, -0.05) is 6.07 Å². The number of aryl methyl sites for hydroxylation is 2. The number of aromatic nitrogens is 2. The minimum atomic E-state index is -0.475. The highest BCUT2D eigenvalue weighted by Gasteiger charge is 2.20. The summed E-state index contributed by atoms with van der Waals surface area (Å²) in [5, 5.41) is 0.426. The van der Waals surface area contributed by atoms with E-state index in [1.807, 2.05) is 49.9 Å². The largest absolute Gasteiger partial charge is 0.467 e. The number of anilines is 1. The van der Waals surface area contributed by atoms with Crippen molar-refractivity contribution >= 4 is 22.8 Å². The van der Waals surface area contributed by atoms with Crippen molar-refractivity contribution in [3.63, 3.8) is 0 Å². The lowest BCUT2D eigenvalue weighted by Crippen LogP contribution is -2.32. The van der Waals surface area contributed by atoms with Crippen LogP contribution in [0.15, 0.2) is 64.0 Å². The summed E-state index contributed by atoms with van der Waals surface area (Å²) in [6.45, 7) is 7.04. The number of esters is 1. The Bertz CT molecular complexity index is 1320. The normalized spacial score (nSPS) is 11.0. The third kappa shape index (κ3) is 4.01. The van der Waals surface area contributed by atoms with Crippen LogP contribution in [0.2, 0.25) is 0 Å². The molecule has 2 aromatic heterocycles. The number of carbonyl (C=O) groups is 1. The topological polar surface area (TPSA) is 77.6 Å². The van der Waals surface area contributed by atoms with Crippen molar-refractivity contribution in [1.82, 2.24) is 9.55 Å². The second kappa shape index (κ2) is 8.70. The summed E-state index contributed by atoms with van der Waals surface area (Å²) in [6, 6.07) is 14.5. The molecule has 164 valence electrons. The molecule has 7 nitrogen and oxygen atoms in total. The van der Waals surface area contributed by atoms with E-state index in [4.69, 9.17) is 14.1 Å². The van der Waals surface area contributed by atoms with Crippen LogP contribution in [0.25, 0.3) is 16.6 Å². The zero-order chi connectivity index (χ0) is 22.8. The van der Waals surface area contributed by atoms with E-state index in [-0.39, 0.29) is 5.56 Å². The number of carbonyl (C=O) groups excluding carboxylic acids is 1. The van der Waals surface area contributed by atoms with E-state index in [1.54, 1.807) is 29.0 Å². The third-order valence-corrected chi connectivity index (χ3v) is 5.33. The molecule has 0 bridgehead atoms. The van der Waals surface area contributed by atoms with Crippen molar-refractivity contribution in [3.8, 4) is 5.69 Å². The fraction of sp³-hybridized carbons (Fsp3) is 0.240. The predicted molar refractivity (Wildman–Crippen MR) is 124 cm³/mol. The van der Waals surface area contributed by atoms with Crippen LogP contribution in [0, 0.1) is 13.8 Å². The lowest BCUT2D eigenvalue weighted by Gasteiger charge is -2.25. The van der Waals surface area contributed by atoms with E-state index >= 15 is 0 Å². The summed E-state index contributed by atoms with van der Waals surface area (Å²) in [6.07, 6.45) is 1.62. The van der Waals surface area contributed by atoms with Crippen LogP contribution in [0.5, 0.6) is 0 Å². The SMILES string of the molecule is CCN(Cc1ccco1)c1nc2cc(C(=O)OC)ccc2c(=O)n1-c1cc(C)cc(C)c1. The van der Waals surface area contributed by atoms with Gasteiger partial charge in [-0.15, -0.1) is 0 Å². The first-order valence-corrected chi connectivity index (χ1v) is 10.4. The summed E-state index contributed by atoms with van der Waals surface area (Å²) in [4.78, 5) is 32.6. The van der Waals surface area contributed by atoms with Crippen molar-refractivity contribution in [3.05, 3.63) is 87.6 Å². The molecule has 0 amide bonds. The summed E-state index contributed by atoms with van der Waals surface area (Å²) < 4.78 is 12.0. The Morgan fingerprint density at radius 3 is 2.50 bits per heavy atom. The van der Waals surface area contributed by atoms with Crippen molar-refractivity contribution < 1.29 is 13.9 Å². The number of furan rings is 1. The number of ether oxygens (including phenoxy) is 1. The number of rotatable bonds is 6. The quantitative estimate of drug-likeness (QED) is 0.421. The van der Waals surface area contributed by atoms with Gasteiger partial charge in [0.05, 0.1) is 42.1 Å². The molecule has 0 N–H and O–H groups in total. The van der Waals surface area contributed by atoms with Crippen molar-refractivity contribution in [2.75, 3.05) is 18.6 Å². The number of hydrogen-bond donors (Lipinski definition) is 0. The Kier molecular flexibility index (Phi) is 5.81. The molecule has 0 saturated heterocycles. The maximum atomic E-state index is 13.7. The molecule has 0 unspecified atom stereocenters. The molecule has 0 saturated carbocycles.